The lowest BCUT2D eigenvalue weighted by molar-refractivity contribution is -0.135. The first-order valence-corrected chi connectivity index (χ1v) is 8.59. The Kier molecular flexibility index (Phi) is 6.02. The fraction of sp³-hybridized carbons (Fsp3) is 0.938. The predicted octanol–water partition coefficient (Wildman–Crippen LogP) is 0.741. The van der Waals surface area contributed by atoms with E-state index in [1.165, 1.54) is 6.42 Å². The molecule has 0 aromatic carbocycles. The molecule has 2 unspecified atom stereocenters. The van der Waals surface area contributed by atoms with Gasteiger partial charge in [-0.2, -0.15) is 0 Å². The number of hydrogen-bond acceptors (Lipinski definition) is 4. The van der Waals surface area contributed by atoms with E-state index in [0.29, 0.717) is 12.1 Å². The highest BCUT2D eigenvalue weighted by Gasteiger charge is 2.34. The molecule has 0 saturated carbocycles. The number of piperidine rings is 1. The third kappa shape index (κ3) is 3.96. The van der Waals surface area contributed by atoms with Gasteiger partial charge in [-0.1, -0.05) is 0 Å². The molecule has 2 N–H and O–H groups in total. The summed E-state index contributed by atoms with van der Waals surface area (Å²) in [5.74, 6) is 0.279. The summed E-state index contributed by atoms with van der Waals surface area (Å²) in [6.45, 7) is 12.1. The molecule has 2 heterocycles. The molecule has 0 bridgehead atoms. The molecular formula is C16H32N4O. The summed E-state index contributed by atoms with van der Waals surface area (Å²) in [4.78, 5) is 19.4. The predicted molar refractivity (Wildman–Crippen MR) is 86.2 cm³/mol. The average molecular weight is 296 g/mol. The van der Waals surface area contributed by atoms with Gasteiger partial charge in [-0.25, -0.2) is 0 Å². The normalized spacial score (nSPS) is 27.0. The first-order valence-electron chi connectivity index (χ1n) is 8.59. The molecule has 2 rings (SSSR count). The lowest BCUT2D eigenvalue weighted by Gasteiger charge is -2.35. The van der Waals surface area contributed by atoms with Crippen LogP contribution in [0.4, 0.5) is 0 Å². The van der Waals surface area contributed by atoms with E-state index < -0.39 is 0 Å². The average Bonchev–Trinajstić information content (AvgIpc) is 2.98. The maximum atomic E-state index is 12.5. The van der Waals surface area contributed by atoms with Gasteiger partial charge >= 0.3 is 0 Å². The van der Waals surface area contributed by atoms with Gasteiger partial charge in [0.25, 0.3) is 0 Å². The van der Waals surface area contributed by atoms with E-state index in [-0.39, 0.29) is 11.9 Å². The van der Waals surface area contributed by atoms with Gasteiger partial charge in [-0.05, 0) is 53.1 Å². The highest BCUT2D eigenvalue weighted by atomic mass is 16.2. The van der Waals surface area contributed by atoms with Crippen molar-refractivity contribution in [3.63, 3.8) is 0 Å². The number of amides is 1. The van der Waals surface area contributed by atoms with Crippen molar-refractivity contribution in [1.82, 2.24) is 14.7 Å². The fourth-order valence-corrected chi connectivity index (χ4v) is 3.66. The van der Waals surface area contributed by atoms with Crippen LogP contribution in [0.5, 0.6) is 0 Å². The number of rotatable bonds is 5. The minimum atomic E-state index is 0.0157. The number of carbonyl (C=O) groups is 1. The van der Waals surface area contributed by atoms with Crippen molar-refractivity contribution in [2.24, 2.45) is 5.73 Å². The third-order valence-corrected chi connectivity index (χ3v) is 5.27. The molecule has 5 nitrogen and oxygen atoms in total. The smallest absolute Gasteiger partial charge is 0.239 e. The van der Waals surface area contributed by atoms with Crippen LogP contribution in [0.15, 0.2) is 0 Å². The molecule has 0 aromatic heterocycles. The Morgan fingerprint density at radius 3 is 2.38 bits per heavy atom. The molecule has 122 valence electrons. The zero-order valence-electron chi connectivity index (χ0n) is 13.9. The number of likely N-dealkylation sites (N-methyl/N-ethyl adjacent to an activating group) is 1. The highest BCUT2D eigenvalue weighted by Crippen LogP contribution is 2.22. The number of nitrogens with zero attached hydrogens (tertiary/aromatic N) is 3. The molecule has 1 amide bonds. The minimum absolute atomic E-state index is 0.0157. The second-order valence-electron chi connectivity index (χ2n) is 6.50. The SMILES string of the molecule is CCN(CC)C(=O)C(C)N1CCC(N2CCC(N)CC2)C1. The van der Waals surface area contributed by atoms with Crippen molar-refractivity contribution < 1.29 is 4.79 Å². The Bertz CT molecular complexity index is 337. The summed E-state index contributed by atoms with van der Waals surface area (Å²) < 4.78 is 0. The van der Waals surface area contributed by atoms with Crippen LogP contribution in [-0.4, -0.2) is 78.0 Å². The minimum Gasteiger partial charge on any atom is -0.342 e. The lowest BCUT2D eigenvalue weighted by atomic mass is 10.0. The first-order chi connectivity index (χ1) is 10.1. The van der Waals surface area contributed by atoms with Crippen LogP contribution in [0, 0.1) is 0 Å². The van der Waals surface area contributed by atoms with Crippen LogP contribution in [0.3, 0.4) is 0 Å². The third-order valence-electron chi connectivity index (χ3n) is 5.27. The number of nitrogens with two attached hydrogens (primary N) is 1. The van der Waals surface area contributed by atoms with Gasteiger partial charge in [-0.3, -0.25) is 14.6 Å². The van der Waals surface area contributed by atoms with E-state index in [9.17, 15) is 4.79 Å². The maximum Gasteiger partial charge on any atom is 0.239 e. The maximum absolute atomic E-state index is 12.5. The van der Waals surface area contributed by atoms with E-state index in [1.54, 1.807) is 0 Å². The molecular weight excluding hydrogens is 264 g/mol. The van der Waals surface area contributed by atoms with E-state index in [2.05, 4.69) is 30.6 Å². The Hall–Kier alpha value is -0.650. The Balaban J connectivity index is 1.85. The Morgan fingerprint density at radius 2 is 1.81 bits per heavy atom. The first kappa shape index (κ1) is 16.7. The molecule has 0 radical (unpaired) electrons. The number of likely N-dealkylation sites (tertiary alicyclic amines) is 2. The van der Waals surface area contributed by atoms with Crippen molar-refractivity contribution in [3.8, 4) is 0 Å². The van der Waals surface area contributed by atoms with E-state index in [0.717, 1.165) is 52.1 Å². The van der Waals surface area contributed by atoms with Crippen LogP contribution < -0.4 is 5.73 Å². The molecule has 5 heteroatoms. The summed E-state index contributed by atoms with van der Waals surface area (Å²) in [6.07, 6.45) is 3.42. The van der Waals surface area contributed by atoms with Gasteiger partial charge in [0.1, 0.15) is 0 Å². The van der Waals surface area contributed by atoms with Crippen molar-refractivity contribution in [2.45, 2.75) is 58.2 Å². The van der Waals surface area contributed by atoms with Crippen LogP contribution in [0.2, 0.25) is 0 Å². The second kappa shape index (κ2) is 7.56. The summed E-state index contributed by atoms with van der Waals surface area (Å²) >= 11 is 0. The van der Waals surface area contributed by atoms with Gasteiger partial charge in [0.2, 0.25) is 5.91 Å². The van der Waals surface area contributed by atoms with Crippen molar-refractivity contribution in [2.75, 3.05) is 39.3 Å². The molecule has 2 aliphatic rings. The second-order valence-corrected chi connectivity index (χ2v) is 6.50. The van der Waals surface area contributed by atoms with Crippen LogP contribution in [0.25, 0.3) is 0 Å². The monoisotopic (exact) mass is 296 g/mol. The standard InChI is InChI=1S/C16H32N4O/c1-4-18(5-2)16(21)13(3)20-11-8-15(12-20)19-9-6-14(17)7-10-19/h13-15H,4-12,17H2,1-3H3. The summed E-state index contributed by atoms with van der Waals surface area (Å²) in [5, 5.41) is 0. The van der Waals surface area contributed by atoms with Crippen LogP contribution in [-0.2, 0) is 4.79 Å². The highest BCUT2D eigenvalue weighted by molar-refractivity contribution is 5.81. The molecule has 21 heavy (non-hydrogen) atoms. The molecule has 0 spiro atoms. The molecule has 2 atom stereocenters. The van der Waals surface area contributed by atoms with Crippen LogP contribution in [0.1, 0.15) is 40.0 Å². The summed E-state index contributed by atoms with van der Waals surface area (Å²) in [5.41, 5.74) is 5.99. The Morgan fingerprint density at radius 1 is 1.19 bits per heavy atom. The van der Waals surface area contributed by atoms with Gasteiger partial charge in [0.05, 0.1) is 6.04 Å². The van der Waals surface area contributed by atoms with E-state index in [1.807, 2.05) is 4.90 Å². The summed E-state index contributed by atoms with van der Waals surface area (Å²) in [6, 6.07) is 1.02. The Labute approximate surface area is 129 Å². The topological polar surface area (TPSA) is 52.8 Å². The van der Waals surface area contributed by atoms with E-state index in [4.69, 9.17) is 5.73 Å². The van der Waals surface area contributed by atoms with Crippen molar-refractivity contribution >= 4 is 5.91 Å². The van der Waals surface area contributed by atoms with Crippen molar-refractivity contribution in [1.29, 1.82) is 0 Å². The fourth-order valence-electron chi connectivity index (χ4n) is 3.66. The molecule has 2 aliphatic heterocycles. The zero-order valence-corrected chi connectivity index (χ0v) is 13.9. The largest absolute Gasteiger partial charge is 0.342 e. The van der Waals surface area contributed by atoms with Gasteiger partial charge in [0, 0.05) is 38.3 Å². The molecule has 0 aliphatic carbocycles. The lowest BCUT2D eigenvalue weighted by Crippen LogP contribution is -2.49. The number of hydrogen-bond donors (Lipinski definition) is 1. The van der Waals surface area contributed by atoms with Crippen LogP contribution >= 0.6 is 0 Å². The van der Waals surface area contributed by atoms with Gasteiger partial charge < -0.3 is 10.6 Å². The molecule has 0 aromatic rings. The molecule has 2 saturated heterocycles. The molecule has 2 fully saturated rings. The van der Waals surface area contributed by atoms with Gasteiger partial charge in [-0.15, -0.1) is 0 Å². The van der Waals surface area contributed by atoms with Crippen molar-refractivity contribution in [3.05, 3.63) is 0 Å². The zero-order chi connectivity index (χ0) is 15.4. The van der Waals surface area contributed by atoms with E-state index >= 15 is 0 Å². The number of carbonyl (C=O) groups excluding carboxylic acids is 1. The van der Waals surface area contributed by atoms with Gasteiger partial charge in [0.15, 0.2) is 0 Å². The quantitative estimate of drug-likeness (QED) is 0.813. The summed E-state index contributed by atoms with van der Waals surface area (Å²) in [7, 11) is 0.